The van der Waals surface area contributed by atoms with Crippen LogP contribution >= 0.6 is 23.5 Å². The number of thioether (sulfide) groups is 2. The standard InChI is InChI=1S/C53H50N2O4S3/c1-5-37-19-17-20-38(6-2)52(37)54(35-60-43-23-11-9-12-24-43)41-29-31-45-48(33-41)59-49-34-42(30-32-46(49)51(45)47-27-15-16-28-50(47)62(56,57)58)55(36-61-44-25-13-10-14-26-44)53-39(7-3)21-18-22-40(53)8-4/h9-34H,5-8,35-36H2,1-4H3. The van der Waals surface area contributed by atoms with Crippen LogP contribution in [0.5, 0.6) is 0 Å². The molecule has 1 heterocycles. The van der Waals surface area contributed by atoms with Gasteiger partial charge >= 0.3 is 0 Å². The van der Waals surface area contributed by atoms with E-state index in [0.717, 1.165) is 46.5 Å². The predicted octanol–water partition coefficient (Wildman–Crippen LogP) is 13.1. The molecule has 0 aromatic heterocycles. The minimum atomic E-state index is -4.84. The van der Waals surface area contributed by atoms with Crippen molar-refractivity contribution in [3.05, 3.63) is 185 Å². The van der Waals surface area contributed by atoms with Crippen LogP contribution in [-0.2, 0) is 35.8 Å². The molecule has 6 aromatic rings. The molecular formula is C53H50N2O4S3. The second-order valence-electron chi connectivity index (χ2n) is 15.1. The number of fused-ring (bicyclic) bond motifs is 2. The zero-order valence-corrected chi connectivity index (χ0v) is 38.0. The maximum atomic E-state index is 12.9. The quantitative estimate of drug-likeness (QED) is 0.0334. The van der Waals surface area contributed by atoms with E-state index in [1.807, 2.05) is 24.3 Å². The van der Waals surface area contributed by atoms with Crippen molar-refractivity contribution in [3.8, 4) is 22.5 Å². The molecule has 0 fully saturated rings. The molecular weight excluding hydrogens is 825 g/mol. The van der Waals surface area contributed by atoms with Crippen LogP contribution in [-0.4, -0.2) is 24.7 Å². The number of anilines is 2. The van der Waals surface area contributed by atoms with Crippen LogP contribution in [0, 0.1) is 0 Å². The van der Waals surface area contributed by atoms with Gasteiger partial charge in [0.05, 0.1) is 16.8 Å². The Morgan fingerprint density at radius 2 is 1.18 bits per heavy atom. The molecule has 8 rings (SSSR count). The summed E-state index contributed by atoms with van der Waals surface area (Å²) >= 11 is 3.54. The summed E-state index contributed by atoms with van der Waals surface area (Å²) in [4.78, 5) is 4.43. The second-order valence-corrected chi connectivity index (χ2v) is 18.5. The molecule has 0 atom stereocenters. The molecule has 0 saturated carbocycles. The number of rotatable bonds is 15. The van der Waals surface area contributed by atoms with Crippen LogP contribution in [0.4, 0.5) is 17.1 Å². The van der Waals surface area contributed by atoms with Crippen molar-refractivity contribution in [1.82, 2.24) is 4.58 Å². The third-order valence-electron chi connectivity index (χ3n) is 11.4. The fraction of sp³-hybridized carbons (Fsp3) is 0.189. The van der Waals surface area contributed by atoms with Crippen LogP contribution in [0.25, 0.3) is 33.4 Å². The van der Waals surface area contributed by atoms with Gasteiger partial charge in [-0.25, -0.2) is 8.42 Å². The highest BCUT2D eigenvalue weighted by Crippen LogP contribution is 2.44. The first kappa shape index (κ1) is 43.1. The van der Waals surface area contributed by atoms with Gasteiger partial charge in [0.1, 0.15) is 21.5 Å². The van der Waals surface area contributed by atoms with E-state index in [1.165, 1.54) is 39.7 Å². The van der Waals surface area contributed by atoms with E-state index in [-0.39, 0.29) is 4.90 Å². The molecule has 0 spiro atoms. The highest BCUT2D eigenvalue weighted by Gasteiger charge is 2.26. The van der Waals surface area contributed by atoms with Gasteiger partial charge in [-0.15, -0.1) is 11.8 Å². The Kier molecular flexibility index (Phi) is 13.4. The average molecular weight is 875 g/mol. The molecule has 1 aliphatic heterocycles. The van der Waals surface area contributed by atoms with Crippen molar-refractivity contribution in [1.29, 1.82) is 0 Å². The summed E-state index contributed by atoms with van der Waals surface area (Å²) in [5, 5.41) is 1.65. The van der Waals surface area contributed by atoms with Gasteiger partial charge in [-0.05, 0) is 85.3 Å². The summed E-state index contributed by atoms with van der Waals surface area (Å²) in [6.45, 7) is 8.77. The maximum Gasteiger partial charge on any atom is 0.212 e. The van der Waals surface area contributed by atoms with Crippen molar-refractivity contribution in [2.24, 2.45) is 0 Å². The van der Waals surface area contributed by atoms with Crippen LogP contribution in [0.3, 0.4) is 0 Å². The second kappa shape index (κ2) is 19.2. The normalized spacial score (nSPS) is 12.2. The summed E-state index contributed by atoms with van der Waals surface area (Å²) < 4.78 is 48.2. The molecule has 6 aromatic carbocycles. The average Bonchev–Trinajstić information content (AvgIpc) is 3.31. The van der Waals surface area contributed by atoms with E-state index in [2.05, 4.69) is 146 Å². The Morgan fingerprint density at radius 1 is 0.597 bits per heavy atom. The molecule has 9 heteroatoms. The molecule has 6 nitrogen and oxygen atoms in total. The van der Waals surface area contributed by atoms with Gasteiger partial charge in [-0.3, -0.25) is 0 Å². The Morgan fingerprint density at radius 3 is 1.79 bits per heavy atom. The summed E-state index contributed by atoms with van der Waals surface area (Å²) in [5.41, 5.74) is 10.6. The number of hydrogen-bond acceptors (Lipinski definition) is 7. The van der Waals surface area contributed by atoms with Crippen LogP contribution in [0.15, 0.2) is 177 Å². The van der Waals surface area contributed by atoms with Crippen LogP contribution < -0.4 is 14.8 Å². The third-order valence-corrected chi connectivity index (χ3v) is 14.3. The van der Waals surface area contributed by atoms with Crippen molar-refractivity contribution in [2.75, 3.05) is 16.7 Å². The first-order chi connectivity index (χ1) is 30.2. The van der Waals surface area contributed by atoms with Gasteiger partial charge in [0.25, 0.3) is 0 Å². The molecule has 314 valence electrons. The summed E-state index contributed by atoms with van der Waals surface area (Å²) in [6.07, 6.45) is 3.47. The van der Waals surface area contributed by atoms with Crippen molar-refractivity contribution >= 4 is 61.7 Å². The lowest BCUT2D eigenvalue weighted by Gasteiger charge is -2.30. The van der Waals surface area contributed by atoms with E-state index in [9.17, 15) is 13.0 Å². The first-order valence-corrected chi connectivity index (χ1v) is 24.6. The van der Waals surface area contributed by atoms with Gasteiger partial charge in [0.2, 0.25) is 11.0 Å². The Labute approximate surface area is 374 Å². The van der Waals surface area contributed by atoms with E-state index in [1.54, 1.807) is 41.7 Å². The van der Waals surface area contributed by atoms with Crippen molar-refractivity contribution in [3.63, 3.8) is 0 Å². The van der Waals surface area contributed by atoms with Crippen LogP contribution in [0.1, 0.15) is 49.9 Å². The van der Waals surface area contributed by atoms with Gasteiger partial charge in [-0.2, -0.15) is 4.58 Å². The van der Waals surface area contributed by atoms with E-state index >= 15 is 0 Å². The summed E-state index contributed by atoms with van der Waals surface area (Å²) in [7, 11) is -4.84. The zero-order valence-electron chi connectivity index (χ0n) is 35.5. The van der Waals surface area contributed by atoms with Gasteiger partial charge < -0.3 is 13.9 Å². The Balaban J connectivity index is 1.42. The molecule has 0 bridgehead atoms. The van der Waals surface area contributed by atoms with Gasteiger partial charge in [-0.1, -0.05) is 130 Å². The lowest BCUT2D eigenvalue weighted by atomic mass is 9.93. The molecule has 62 heavy (non-hydrogen) atoms. The van der Waals surface area contributed by atoms with Crippen molar-refractivity contribution in [2.45, 2.75) is 68.1 Å². The third kappa shape index (κ3) is 8.99. The maximum absolute atomic E-state index is 12.9. The highest BCUT2D eigenvalue weighted by atomic mass is 32.2. The fourth-order valence-electron chi connectivity index (χ4n) is 8.36. The number of nitrogens with zero attached hydrogens (tertiary/aromatic N) is 2. The highest BCUT2D eigenvalue weighted by molar-refractivity contribution is 7.99. The lowest BCUT2D eigenvalue weighted by Crippen LogP contribution is -2.27. The minimum absolute atomic E-state index is 0.266. The molecule has 0 radical (unpaired) electrons. The summed E-state index contributed by atoms with van der Waals surface area (Å²) in [5.74, 6) is 1.87. The van der Waals surface area contributed by atoms with Gasteiger partial charge in [0, 0.05) is 66.5 Å². The number of hydrogen-bond donors (Lipinski definition) is 0. The predicted molar refractivity (Wildman–Crippen MR) is 258 cm³/mol. The zero-order chi connectivity index (χ0) is 43.2. The number of aryl methyl sites for hydroxylation is 4. The summed E-state index contributed by atoms with van der Waals surface area (Å²) in [6, 6.07) is 52.8. The minimum Gasteiger partial charge on any atom is -0.744 e. The van der Waals surface area contributed by atoms with Crippen molar-refractivity contribution < 1.29 is 17.4 Å². The molecule has 2 aliphatic rings. The molecule has 1 aliphatic carbocycles. The van der Waals surface area contributed by atoms with E-state index in [0.29, 0.717) is 45.2 Å². The van der Waals surface area contributed by atoms with Crippen LogP contribution in [0.2, 0.25) is 0 Å². The topological polar surface area (TPSA) is 76.6 Å². The largest absolute Gasteiger partial charge is 0.744 e. The molecule has 0 unspecified atom stereocenters. The Hall–Kier alpha value is -5.58. The number of para-hydroxylation sites is 2. The van der Waals surface area contributed by atoms with E-state index in [4.69, 9.17) is 4.42 Å². The Bertz CT molecular complexity index is 2960. The SMILES string of the molecule is CCc1cccc(CC)c1N(CSc1ccccc1)c1ccc2c(-c3ccccc3S(=O)(=O)[O-])c3cc/c(=[N+](/CSc4ccccc4)c4c(CC)cccc4CC)cc-3oc2c1. The molecule has 0 saturated heterocycles. The van der Waals surface area contributed by atoms with E-state index < -0.39 is 10.1 Å². The monoisotopic (exact) mass is 874 g/mol. The number of benzene rings is 7. The lowest BCUT2D eigenvalue weighted by molar-refractivity contribution is 0.463. The first-order valence-electron chi connectivity index (χ1n) is 21.2. The molecule has 0 amide bonds. The van der Waals surface area contributed by atoms with Gasteiger partial charge in [0.15, 0.2) is 5.88 Å². The molecule has 0 N–H and O–H groups in total. The fourth-order valence-corrected chi connectivity index (χ4v) is 10.9. The smallest absolute Gasteiger partial charge is 0.212 e.